The van der Waals surface area contributed by atoms with E-state index in [4.69, 9.17) is 5.11 Å². The van der Waals surface area contributed by atoms with Gasteiger partial charge in [0.2, 0.25) is 0 Å². The molecule has 0 spiro atoms. The molecule has 1 rings (SSSR count). The van der Waals surface area contributed by atoms with E-state index in [-0.39, 0.29) is 18.8 Å². The molecule has 1 aromatic carbocycles. The van der Waals surface area contributed by atoms with Crippen molar-refractivity contribution in [1.82, 2.24) is 10.6 Å². The molecule has 18 heavy (non-hydrogen) atoms. The smallest absolute Gasteiger partial charge is 0.314 e. The Balaban J connectivity index is 2.15. The molecule has 2 amide bonds. The van der Waals surface area contributed by atoms with Crippen LogP contribution in [0.5, 0.6) is 0 Å². The number of aliphatic carboxylic acids is 1. The summed E-state index contributed by atoms with van der Waals surface area (Å²) in [4.78, 5) is 21.4. The molecule has 0 aliphatic carbocycles. The average molecular weight is 254 g/mol. The molecule has 6 heteroatoms. The number of nitrogens with one attached hydrogen (secondary N) is 2. The molecular formula is C12H15FN2O3. The summed E-state index contributed by atoms with van der Waals surface area (Å²) in [5.74, 6) is -1.25. The lowest BCUT2D eigenvalue weighted by atomic mass is 10.1. The number of carboxylic acid groups (broad SMARTS) is 1. The molecule has 0 atom stereocenters. The van der Waals surface area contributed by atoms with Crippen LogP contribution in [0.2, 0.25) is 0 Å². The highest BCUT2D eigenvalue weighted by molar-refractivity contribution is 5.74. The maximum absolute atomic E-state index is 12.6. The number of carboxylic acids is 1. The normalized spacial score (nSPS) is 9.83. The first-order valence-corrected chi connectivity index (χ1v) is 5.56. The highest BCUT2D eigenvalue weighted by atomic mass is 19.1. The Labute approximate surface area is 104 Å². The van der Waals surface area contributed by atoms with Crippen LogP contribution in [0, 0.1) is 5.82 Å². The number of amides is 2. The Morgan fingerprint density at radius 3 is 2.33 bits per heavy atom. The highest BCUT2D eigenvalue weighted by Gasteiger charge is 2.01. The summed E-state index contributed by atoms with van der Waals surface area (Å²) in [6.07, 6.45) is 0.484. The molecule has 0 aromatic heterocycles. The van der Waals surface area contributed by atoms with Crippen LogP contribution in [0.1, 0.15) is 12.0 Å². The van der Waals surface area contributed by atoms with Crippen LogP contribution < -0.4 is 10.6 Å². The van der Waals surface area contributed by atoms with E-state index in [9.17, 15) is 14.0 Å². The molecule has 0 aliphatic rings. The summed E-state index contributed by atoms with van der Waals surface area (Å²) in [5.41, 5.74) is 0.919. The molecule has 5 nitrogen and oxygen atoms in total. The molecule has 0 aliphatic heterocycles. The fourth-order valence-corrected chi connectivity index (χ4v) is 1.32. The lowest BCUT2D eigenvalue weighted by molar-refractivity contribution is -0.136. The van der Waals surface area contributed by atoms with Crippen molar-refractivity contribution in [3.05, 3.63) is 35.6 Å². The maximum atomic E-state index is 12.6. The minimum atomic E-state index is -0.957. The van der Waals surface area contributed by atoms with Crippen molar-refractivity contribution in [2.24, 2.45) is 0 Å². The van der Waals surface area contributed by atoms with Gasteiger partial charge in [-0.1, -0.05) is 12.1 Å². The second-order valence-electron chi connectivity index (χ2n) is 3.70. The van der Waals surface area contributed by atoms with Crippen molar-refractivity contribution >= 4 is 12.0 Å². The Morgan fingerprint density at radius 2 is 1.72 bits per heavy atom. The number of halogens is 1. The maximum Gasteiger partial charge on any atom is 0.314 e. The van der Waals surface area contributed by atoms with Crippen molar-refractivity contribution < 1.29 is 19.1 Å². The molecule has 3 N–H and O–H groups in total. The van der Waals surface area contributed by atoms with Gasteiger partial charge in [-0.3, -0.25) is 4.79 Å². The number of hydrogen-bond donors (Lipinski definition) is 3. The Bertz CT molecular complexity index is 406. The van der Waals surface area contributed by atoms with Gasteiger partial charge in [-0.25, -0.2) is 9.18 Å². The van der Waals surface area contributed by atoms with Gasteiger partial charge in [0.1, 0.15) is 5.82 Å². The van der Waals surface area contributed by atoms with Gasteiger partial charge < -0.3 is 15.7 Å². The van der Waals surface area contributed by atoms with Crippen LogP contribution in [0.25, 0.3) is 0 Å². The van der Waals surface area contributed by atoms with Crippen molar-refractivity contribution in [3.63, 3.8) is 0 Å². The zero-order valence-corrected chi connectivity index (χ0v) is 9.78. The minimum Gasteiger partial charge on any atom is -0.481 e. The second kappa shape index (κ2) is 7.26. The van der Waals surface area contributed by atoms with Crippen LogP contribution in [-0.2, 0) is 11.2 Å². The summed E-state index contributed by atoms with van der Waals surface area (Å²) < 4.78 is 12.6. The second-order valence-corrected chi connectivity index (χ2v) is 3.70. The minimum absolute atomic E-state index is 0.0950. The van der Waals surface area contributed by atoms with E-state index in [1.54, 1.807) is 12.1 Å². The molecular weight excluding hydrogens is 239 g/mol. The monoisotopic (exact) mass is 254 g/mol. The first-order valence-electron chi connectivity index (χ1n) is 5.56. The standard InChI is InChI=1S/C12H15FN2O3/c13-10-3-1-9(2-4-10)5-7-14-12(18)15-8-6-11(16)17/h1-4H,5-8H2,(H,16,17)(H2,14,15,18). The largest absolute Gasteiger partial charge is 0.481 e. The third-order valence-corrected chi connectivity index (χ3v) is 2.24. The zero-order chi connectivity index (χ0) is 13.4. The van der Waals surface area contributed by atoms with E-state index < -0.39 is 12.0 Å². The zero-order valence-electron chi connectivity index (χ0n) is 9.78. The van der Waals surface area contributed by atoms with Crippen LogP contribution in [0.15, 0.2) is 24.3 Å². The van der Waals surface area contributed by atoms with E-state index in [2.05, 4.69) is 10.6 Å². The number of carbonyl (C=O) groups is 2. The number of rotatable bonds is 6. The molecule has 0 saturated heterocycles. The lowest BCUT2D eigenvalue weighted by Gasteiger charge is -2.06. The first kappa shape index (κ1) is 14.0. The summed E-state index contributed by atoms with van der Waals surface area (Å²) >= 11 is 0. The van der Waals surface area contributed by atoms with E-state index in [1.165, 1.54) is 12.1 Å². The fraction of sp³-hybridized carbons (Fsp3) is 0.333. The van der Waals surface area contributed by atoms with Crippen LogP contribution >= 0.6 is 0 Å². The van der Waals surface area contributed by atoms with Crippen LogP contribution in [0.3, 0.4) is 0 Å². The molecule has 1 aromatic rings. The predicted molar refractivity (Wildman–Crippen MR) is 63.8 cm³/mol. The van der Waals surface area contributed by atoms with Gasteiger partial charge in [-0.05, 0) is 24.1 Å². The van der Waals surface area contributed by atoms with Gasteiger partial charge in [0.05, 0.1) is 6.42 Å². The van der Waals surface area contributed by atoms with Gasteiger partial charge in [-0.15, -0.1) is 0 Å². The van der Waals surface area contributed by atoms with Gasteiger partial charge >= 0.3 is 12.0 Å². The first-order chi connectivity index (χ1) is 8.58. The van der Waals surface area contributed by atoms with Crippen LogP contribution in [0.4, 0.5) is 9.18 Å². The molecule has 0 heterocycles. The van der Waals surface area contributed by atoms with Crippen molar-refractivity contribution in [3.8, 4) is 0 Å². The average Bonchev–Trinajstić information content (AvgIpc) is 2.31. The van der Waals surface area contributed by atoms with Gasteiger partial charge in [0.15, 0.2) is 0 Å². The number of urea groups is 1. The van der Waals surface area contributed by atoms with Gasteiger partial charge in [0.25, 0.3) is 0 Å². The van der Waals surface area contributed by atoms with E-state index in [0.29, 0.717) is 13.0 Å². The molecule has 0 fully saturated rings. The molecule has 98 valence electrons. The Kier molecular flexibility index (Phi) is 5.63. The summed E-state index contributed by atoms with van der Waals surface area (Å²) in [6, 6.07) is 5.63. The third-order valence-electron chi connectivity index (χ3n) is 2.24. The van der Waals surface area contributed by atoms with Crippen molar-refractivity contribution in [2.75, 3.05) is 13.1 Å². The Morgan fingerprint density at radius 1 is 1.11 bits per heavy atom. The lowest BCUT2D eigenvalue weighted by Crippen LogP contribution is -2.37. The van der Waals surface area contributed by atoms with E-state index in [1.807, 2.05) is 0 Å². The SMILES string of the molecule is O=C(O)CCNC(=O)NCCc1ccc(F)cc1. The molecule has 0 saturated carbocycles. The molecule has 0 bridgehead atoms. The number of carbonyl (C=O) groups excluding carboxylic acids is 1. The third kappa shape index (κ3) is 5.83. The van der Waals surface area contributed by atoms with E-state index >= 15 is 0 Å². The number of hydrogen-bond acceptors (Lipinski definition) is 2. The van der Waals surface area contributed by atoms with Crippen LogP contribution in [-0.4, -0.2) is 30.2 Å². The van der Waals surface area contributed by atoms with E-state index in [0.717, 1.165) is 5.56 Å². The summed E-state index contributed by atoms with van der Waals surface area (Å²) in [5, 5.41) is 13.4. The molecule has 0 radical (unpaired) electrons. The topological polar surface area (TPSA) is 78.4 Å². The summed E-state index contributed by atoms with van der Waals surface area (Å²) in [7, 11) is 0. The Hall–Kier alpha value is -2.11. The quantitative estimate of drug-likeness (QED) is 0.712. The molecule has 0 unspecified atom stereocenters. The number of benzene rings is 1. The van der Waals surface area contributed by atoms with Gasteiger partial charge in [0, 0.05) is 13.1 Å². The highest BCUT2D eigenvalue weighted by Crippen LogP contribution is 2.02. The predicted octanol–water partition coefficient (Wildman–Crippen LogP) is 1.14. The van der Waals surface area contributed by atoms with Crippen molar-refractivity contribution in [1.29, 1.82) is 0 Å². The fourth-order valence-electron chi connectivity index (χ4n) is 1.32. The van der Waals surface area contributed by atoms with Crippen molar-refractivity contribution in [2.45, 2.75) is 12.8 Å². The van der Waals surface area contributed by atoms with Gasteiger partial charge in [-0.2, -0.15) is 0 Å². The summed E-state index contributed by atoms with van der Waals surface area (Å²) in [6.45, 7) is 0.502.